The van der Waals surface area contributed by atoms with Gasteiger partial charge in [0.1, 0.15) is 0 Å². The fraction of sp³-hybridized carbons (Fsp3) is 0.533. The Hall–Kier alpha value is -1.29. The van der Waals surface area contributed by atoms with E-state index in [1.54, 1.807) is 0 Å². The smallest absolute Gasteiger partial charge is 0.0656 e. The fourth-order valence-electron chi connectivity index (χ4n) is 2.25. The summed E-state index contributed by atoms with van der Waals surface area (Å²) in [5.74, 6) is 0.922. The van der Waals surface area contributed by atoms with Gasteiger partial charge in [-0.15, -0.1) is 0 Å². The summed E-state index contributed by atoms with van der Waals surface area (Å²) >= 11 is 0. The lowest BCUT2D eigenvalue weighted by Crippen LogP contribution is -2.20. The Labute approximate surface area is 98.1 Å². The molecule has 0 atom stereocenters. The maximum atomic E-state index is 8.75. The molecular weight excluding hydrogens is 194 g/mol. The molecule has 1 saturated carbocycles. The van der Waals surface area contributed by atoms with Crippen LogP contribution in [0.15, 0.2) is 24.3 Å². The quantitative estimate of drug-likeness (QED) is 0.691. The molecule has 1 heteroatoms. The average Bonchev–Trinajstić information content (AvgIpc) is 2.15. The van der Waals surface area contributed by atoms with Crippen LogP contribution >= 0.6 is 0 Å². The molecular formula is C15H19N. The highest BCUT2D eigenvalue weighted by Gasteiger charge is 2.30. The second-order valence-electron chi connectivity index (χ2n) is 5.87. The molecule has 0 saturated heterocycles. The Morgan fingerprint density at radius 3 is 2.12 bits per heavy atom. The molecule has 16 heavy (non-hydrogen) atoms. The van der Waals surface area contributed by atoms with Crippen LogP contribution in [0.3, 0.4) is 0 Å². The van der Waals surface area contributed by atoms with Gasteiger partial charge >= 0.3 is 0 Å². The van der Waals surface area contributed by atoms with Crippen LogP contribution < -0.4 is 0 Å². The maximum absolute atomic E-state index is 8.75. The topological polar surface area (TPSA) is 23.8 Å². The molecule has 0 aromatic heterocycles. The van der Waals surface area contributed by atoms with E-state index in [-0.39, 0.29) is 5.41 Å². The van der Waals surface area contributed by atoms with Crippen LogP contribution in [-0.4, -0.2) is 0 Å². The molecule has 1 aliphatic carbocycles. The monoisotopic (exact) mass is 213 g/mol. The predicted molar refractivity (Wildman–Crippen MR) is 66.2 cm³/mol. The molecule has 0 radical (unpaired) electrons. The standard InChI is InChI=1S/C15H19N/c1-15(2,3)14-6-4-12(5-7-14)13-8-11(9-13)10-16/h4-7,11,13H,8-9H2,1-3H3. The molecule has 2 rings (SSSR count). The molecule has 84 valence electrons. The van der Waals surface area contributed by atoms with Gasteiger partial charge in [-0.2, -0.15) is 5.26 Å². The SMILES string of the molecule is CC(C)(C)c1ccc(C2CC(C#N)C2)cc1. The lowest BCUT2D eigenvalue weighted by Gasteiger charge is -2.31. The number of hydrogen-bond acceptors (Lipinski definition) is 1. The van der Waals surface area contributed by atoms with Gasteiger partial charge in [-0.05, 0) is 35.3 Å². The van der Waals surface area contributed by atoms with Gasteiger partial charge in [0.2, 0.25) is 0 Å². The van der Waals surface area contributed by atoms with Crippen LogP contribution in [-0.2, 0) is 5.41 Å². The molecule has 0 aliphatic heterocycles. The van der Waals surface area contributed by atoms with Crippen molar-refractivity contribution in [1.82, 2.24) is 0 Å². The van der Waals surface area contributed by atoms with Crippen molar-refractivity contribution in [2.45, 2.75) is 44.9 Å². The number of nitriles is 1. The zero-order valence-electron chi connectivity index (χ0n) is 10.3. The molecule has 0 amide bonds. The summed E-state index contributed by atoms with van der Waals surface area (Å²) in [5.41, 5.74) is 3.01. The Morgan fingerprint density at radius 1 is 1.12 bits per heavy atom. The third-order valence-electron chi connectivity index (χ3n) is 3.57. The van der Waals surface area contributed by atoms with Gasteiger partial charge in [-0.25, -0.2) is 0 Å². The van der Waals surface area contributed by atoms with Gasteiger partial charge in [-0.1, -0.05) is 45.0 Å². The first-order valence-corrected chi connectivity index (χ1v) is 6.01. The Morgan fingerprint density at radius 2 is 1.69 bits per heavy atom. The minimum atomic E-state index is 0.229. The summed E-state index contributed by atoms with van der Waals surface area (Å²) in [4.78, 5) is 0. The van der Waals surface area contributed by atoms with E-state index < -0.39 is 0 Å². The van der Waals surface area contributed by atoms with E-state index in [1.165, 1.54) is 11.1 Å². The fourth-order valence-corrected chi connectivity index (χ4v) is 2.25. The molecule has 0 unspecified atom stereocenters. The Kier molecular flexibility index (Phi) is 2.76. The van der Waals surface area contributed by atoms with Gasteiger partial charge < -0.3 is 0 Å². The molecule has 1 aromatic rings. The van der Waals surface area contributed by atoms with Crippen LogP contribution in [0.1, 0.15) is 50.7 Å². The lowest BCUT2D eigenvalue weighted by molar-refractivity contribution is 0.331. The first kappa shape index (κ1) is 11.2. The highest BCUT2D eigenvalue weighted by molar-refractivity contribution is 5.31. The van der Waals surface area contributed by atoms with E-state index in [0.29, 0.717) is 11.8 Å². The van der Waals surface area contributed by atoms with Crippen LogP contribution in [0.2, 0.25) is 0 Å². The van der Waals surface area contributed by atoms with Crippen molar-refractivity contribution in [2.75, 3.05) is 0 Å². The van der Waals surface area contributed by atoms with Crippen molar-refractivity contribution in [2.24, 2.45) is 5.92 Å². The minimum Gasteiger partial charge on any atom is -0.198 e. The molecule has 0 spiro atoms. The summed E-state index contributed by atoms with van der Waals surface area (Å²) in [7, 11) is 0. The van der Waals surface area contributed by atoms with Crippen LogP contribution in [0.4, 0.5) is 0 Å². The maximum Gasteiger partial charge on any atom is 0.0656 e. The van der Waals surface area contributed by atoms with Crippen molar-refractivity contribution in [3.8, 4) is 6.07 Å². The molecule has 1 nitrogen and oxygen atoms in total. The molecule has 1 aliphatic rings. The summed E-state index contributed by atoms with van der Waals surface area (Å²) in [6.07, 6.45) is 2.09. The van der Waals surface area contributed by atoms with E-state index in [9.17, 15) is 0 Å². The second-order valence-corrected chi connectivity index (χ2v) is 5.87. The van der Waals surface area contributed by atoms with Crippen molar-refractivity contribution in [1.29, 1.82) is 5.26 Å². The normalized spacial score (nSPS) is 24.6. The van der Waals surface area contributed by atoms with Crippen molar-refractivity contribution in [3.05, 3.63) is 35.4 Å². The van der Waals surface area contributed by atoms with Gasteiger partial charge in [0.25, 0.3) is 0 Å². The van der Waals surface area contributed by atoms with Crippen LogP contribution in [0.25, 0.3) is 0 Å². The van der Waals surface area contributed by atoms with Gasteiger partial charge in [0, 0.05) is 5.92 Å². The molecule has 0 bridgehead atoms. The van der Waals surface area contributed by atoms with E-state index in [2.05, 4.69) is 51.1 Å². The number of benzene rings is 1. The van der Waals surface area contributed by atoms with Crippen molar-refractivity contribution < 1.29 is 0 Å². The van der Waals surface area contributed by atoms with E-state index in [4.69, 9.17) is 5.26 Å². The summed E-state index contributed by atoms with van der Waals surface area (Å²) in [6.45, 7) is 6.70. The zero-order valence-corrected chi connectivity index (χ0v) is 10.3. The highest BCUT2D eigenvalue weighted by atomic mass is 14.4. The first-order chi connectivity index (χ1) is 7.50. The summed E-state index contributed by atoms with van der Waals surface area (Å²) in [5, 5.41) is 8.75. The zero-order chi connectivity index (χ0) is 11.8. The van der Waals surface area contributed by atoms with E-state index >= 15 is 0 Å². The van der Waals surface area contributed by atoms with Gasteiger partial charge in [0.15, 0.2) is 0 Å². The van der Waals surface area contributed by atoms with Crippen LogP contribution in [0, 0.1) is 17.2 Å². The molecule has 0 heterocycles. The van der Waals surface area contributed by atoms with Crippen LogP contribution in [0.5, 0.6) is 0 Å². The summed E-state index contributed by atoms with van der Waals surface area (Å²) < 4.78 is 0. The summed E-state index contributed by atoms with van der Waals surface area (Å²) in [6, 6.07) is 11.3. The molecule has 1 aromatic carbocycles. The number of nitrogens with zero attached hydrogens (tertiary/aromatic N) is 1. The highest BCUT2D eigenvalue weighted by Crippen LogP contribution is 2.41. The third kappa shape index (κ3) is 2.11. The number of hydrogen-bond donors (Lipinski definition) is 0. The lowest BCUT2D eigenvalue weighted by atomic mass is 9.72. The minimum absolute atomic E-state index is 0.229. The molecule has 0 N–H and O–H groups in total. The van der Waals surface area contributed by atoms with Gasteiger partial charge in [-0.3, -0.25) is 0 Å². The number of rotatable bonds is 1. The molecule has 1 fully saturated rings. The average molecular weight is 213 g/mol. The van der Waals surface area contributed by atoms with Gasteiger partial charge in [0.05, 0.1) is 6.07 Å². The second kappa shape index (κ2) is 3.94. The van der Waals surface area contributed by atoms with Crippen molar-refractivity contribution >= 4 is 0 Å². The largest absolute Gasteiger partial charge is 0.198 e. The Bertz CT molecular complexity index is 397. The third-order valence-corrected chi connectivity index (χ3v) is 3.57. The first-order valence-electron chi connectivity index (χ1n) is 6.01. The van der Waals surface area contributed by atoms with E-state index in [1.807, 2.05) is 0 Å². The van der Waals surface area contributed by atoms with Crippen molar-refractivity contribution in [3.63, 3.8) is 0 Å². The van der Waals surface area contributed by atoms with E-state index in [0.717, 1.165) is 12.8 Å². The predicted octanol–water partition coefficient (Wildman–Crippen LogP) is 4.00. The Balaban J connectivity index is 2.07.